The number of nitriles is 1. The van der Waals surface area contributed by atoms with Crippen molar-refractivity contribution in [3.05, 3.63) is 75.7 Å². The zero-order chi connectivity index (χ0) is 34.4. The van der Waals surface area contributed by atoms with Crippen molar-refractivity contribution in [2.24, 2.45) is 0 Å². The number of methoxy groups -OCH3 is 1. The average molecular weight is 689 g/mol. The molecular formula is C34H33ClN6O6S. The summed E-state index contributed by atoms with van der Waals surface area (Å²) in [5.41, 5.74) is 1.72. The summed E-state index contributed by atoms with van der Waals surface area (Å²) in [6.45, 7) is 5.68. The predicted octanol–water partition coefficient (Wildman–Crippen LogP) is 6.97. The Morgan fingerprint density at radius 3 is 2.65 bits per heavy atom. The summed E-state index contributed by atoms with van der Waals surface area (Å²) in [6, 6.07) is 15.1. The lowest BCUT2D eigenvalue weighted by Crippen LogP contribution is -2.45. The van der Waals surface area contributed by atoms with E-state index >= 15 is 0 Å². The van der Waals surface area contributed by atoms with Gasteiger partial charge in [-0.05, 0) is 75.6 Å². The zero-order valence-electron chi connectivity index (χ0n) is 26.7. The van der Waals surface area contributed by atoms with E-state index in [1.54, 1.807) is 74.7 Å². The Morgan fingerprint density at radius 1 is 1.12 bits per heavy atom. The van der Waals surface area contributed by atoms with E-state index in [2.05, 4.69) is 26.7 Å². The lowest BCUT2D eigenvalue weighted by Gasteiger charge is -2.28. The van der Waals surface area contributed by atoms with Gasteiger partial charge < -0.3 is 24.8 Å². The van der Waals surface area contributed by atoms with Gasteiger partial charge in [0.15, 0.2) is 17.6 Å². The standard InChI is InChI=1S/C34H33ClN6O6S/c1-34(2,3)47-33(44)41-13-6-9-27(41)30(42)38-22-8-5-7-20(15-22)24-17-26(23-11-10-21(35)16-28(23)46-19-45-4)39-29(25(24)18-36)40-31(43)32-37-12-14-48-32/h5,7-8,10-12,14-17,27H,6,9,13,19H2,1-4H3,(H,38,42)(H,39,40,43)/t27-/m1/s1. The molecule has 0 radical (unpaired) electrons. The third-order valence-electron chi connectivity index (χ3n) is 7.17. The molecule has 1 atom stereocenters. The molecule has 2 aromatic carbocycles. The van der Waals surface area contributed by atoms with Crippen molar-refractivity contribution < 1.29 is 28.6 Å². The molecule has 3 heterocycles. The molecule has 1 aliphatic heterocycles. The van der Waals surface area contributed by atoms with Gasteiger partial charge in [-0.2, -0.15) is 5.26 Å². The maximum atomic E-state index is 13.4. The molecule has 248 valence electrons. The van der Waals surface area contributed by atoms with E-state index in [-0.39, 0.29) is 29.1 Å². The molecule has 12 nitrogen and oxygen atoms in total. The molecule has 1 saturated heterocycles. The minimum Gasteiger partial charge on any atom is -0.467 e. The molecule has 48 heavy (non-hydrogen) atoms. The number of nitrogens with one attached hydrogen (secondary N) is 2. The second-order valence-corrected chi connectivity index (χ2v) is 13.1. The number of halogens is 1. The smallest absolute Gasteiger partial charge is 0.410 e. The number of benzene rings is 2. The molecule has 0 spiro atoms. The molecule has 1 fully saturated rings. The summed E-state index contributed by atoms with van der Waals surface area (Å²) >= 11 is 7.41. The molecular weight excluding hydrogens is 656 g/mol. The molecule has 5 rings (SSSR count). The van der Waals surface area contributed by atoms with Gasteiger partial charge in [0.2, 0.25) is 5.91 Å². The first kappa shape index (κ1) is 34.3. The summed E-state index contributed by atoms with van der Waals surface area (Å²) in [7, 11) is 1.49. The number of carbonyl (C=O) groups is 3. The monoisotopic (exact) mass is 688 g/mol. The molecule has 0 aliphatic carbocycles. The van der Waals surface area contributed by atoms with Crippen molar-refractivity contribution in [1.82, 2.24) is 14.9 Å². The van der Waals surface area contributed by atoms with Gasteiger partial charge >= 0.3 is 6.09 Å². The highest BCUT2D eigenvalue weighted by molar-refractivity contribution is 7.11. The molecule has 14 heteroatoms. The Hall–Kier alpha value is -5.03. The third kappa shape index (κ3) is 8.09. The topological polar surface area (TPSA) is 156 Å². The Kier molecular flexibility index (Phi) is 10.6. The number of likely N-dealkylation sites (tertiary alicyclic amines) is 1. The largest absolute Gasteiger partial charge is 0.467 e. The fraction of sp³-hybridized carbons (Fsp3) is 0.294. The van der Waals surface area contributed by atoms with Crippen LogP contribution in [0, 0.1) is 11.3 Å². The Bertz CT molecular complexity index is 1870. The van der Waals surface area contributed by atoms with Crippen LogP contribution < -0.4 is 15.4 Å². The van der Waals surface area contributed by atoms with Gasteiger partial charge in [-0.1, -0.05) is 23.7 Å². The average Bonchev–Trinajstić information content (AvgIpc) is 3.76. The SMILES string of the molecule is COCOc1cc(Cl)ccc1-c1cc(-c2cccc(NC(=O)[C@H]3CCCN3C(=O)OC(C)(C)C)c2)c(C#N)c(NC(=O)c2nccs2)n1. The number of aromatic nitrogens is 2. The van der Waals surface area contributed by atoms with Gasteiger partial charge in [0.25, 0.3) is 5.91 Å². The Morgan fingerprint density at radius 2 is 1.94 bits per heavy atom. The molecule has 0 unspecified atom stereocenters. The minimum absolute atomic E-state index is 0.00578. The van der Waals surface area contributed by atoms with Crippen LogP contribution in [-0.2, 0) is 14.3 Å². The number of pyridine rings is 1. The van der Waals surface area contributed by atoms with E-state index < -0.39 is 23.6 Å². The van der Waals surface area contributed by atoms with Crippen molar-refractivity contribution in [3.63, 3.8) is 0 Å². The second-order valence-electron chi connectivity index (χ2n) is 11.8. The molecule has 2 aromatic heterocycles. The normalized spacial score (nSPS) is 14.2. The molecule has 4 aromatic rings. The molecule has 0 saturated carbocycles. The van der Waals surface area contributed by atoms with E-state index in [0.29, 0.717) is 58.2 Å². The van der Waals surface area contributed by atoms with Crippen LogP contribution in [0.15, 0.2) is 60.1 Å². The van der Waals surface area contributed by atoms with Crippen LogP contribution >= 0.6 is 22.9 Å². The first-order chi connectivity index (χ1) is 23.0. The van der Waals surface area contributed by atoms with Crippen LogP contribution in [0.2, 0.25) is 5.02 Å². The maximum Gasteiger partial charge on any atom is 0.410 e. The number of anilines is 2. The number of ether oxygens (including phenoxy) is 3. The van der Waals surface area contributed by atoms with E-state index in [1.807, 2.05) is 0 Å². The van der Waals surface area contributed by atoms with Crippen LogP contribution in [0.4, 0.5) is 16.3 Å². The maximum absolute atomic E-state index is 13.4. The van der Waals surface area contributed by atoms with E-state index in [9.17, 15) is 19.6 Å². The van der Waals surface area contributed by atoms with Crippen LogP contribution in [0.1, 0.15) is 49.0 Å². The predicted molar refractivity (Wildman–Crippen MR) is 182 cm³/mol. The fourth-order valence-electron chi connectivity index (χ4n) is 5.13. The van der Waals surface area contributed by atoms with E-state index in [4.69, 9.17) is 25.8 Å². The molecule has 0 bridgehead atoms. The van der Waals surface area contributed by atoms with E-state index in [1.165, 1.54) is 18.2 Å². The number of nitrogens with zero attached hydrogens (tertiary/aromatic N) is 4. The number of rotatable bonds is 9. The second kappa shape index (κ2) is 14.8. The third-order valence-corrected chi connectivity index (χ3v) is 8.17. The number of amides is 3. The van der Waals surface area contributed by atoms with Crippen molar-refractivity contribution in [2.45, 2.75) is 45.3 Å². The molecule has 2 N–H and O–H groups in total. The van der Waals surface area contributed by atoms with Gasteiger partial charge in [-0.3, -0.25) is 14.5 Å². The summed E-state index contributed by atoms with van der Waals surface area (Å²) in [6.07, 6.45) is 2.12. The molecule has 3 amide bonds. The van der Waals surface area contributed by atoms with Gasteiger partial charge in [0.05, 0.1) is 5.69 Å². The van der Waals surface area contributed by atoms with Crippen molar-refractivity contribution >= 4 is 52.4 Å². The summed E-state index contributed by atoms with van der Waals surface area (Å²) in [5.74, 6) is -0.511. The first-order valence-corrected chi connectivity index (χ1v) is 16.2. The van der Waals surface area contributed by atoms with Crippen LogP contribution in [0.3, 0.4) is 0 Å². The van der Waals surface area contributed by atoms with Crippen LogP contribution in [-0.4, -0.2) is 64.9 Å². The van der Waals surface area contributed by atoms with Gasteiger partial charge in [0.1, 0.15) is 29.0 Å². The summed E-state index contributed by atoms with van der Waals surface area (Å²) in [5, 5.41) is 18.3. The van der Waals surface area contributed by atoms with Gasteiger partial charge in [0, 0.05) is 47.1 Å². The highest BCUT2D eigenvalue weighted by Crippen LogP contribution is 2.38. The number of hydrogen-bond donors (Lipinski definition) is 2. The van der Waals surface area contributed by atoms with Crippen molar-refractivity contribution in [2.75, 3.05) is 31.1 Å². The van der Waals surface area contributed by atoms with Crippen LogP contribution in [0.5, 0.6) is 5.75 Å². The highest BCUT2D eigenvalue weighted by atomic mass is 35.5. The fourth-order valence-corrected chi connectivity index (χ4v) is 5.82. The minimum atomic E-state index is -0.700. The molecule has 1 aliphatic rings. The summed E-state index contributed by atoms with van der Waals surface area (Å²) < 4.78 is 16.4. The lowest BCUT2D eigenvalue weighted by molar-refractivity contribution is -0.120. The summed E-state index contributed by atoms with van der Waals surface area (Å²) in [4.78, 5) is 49.5. The quantitative estimate of drug-likeness (QED) is 0.177. The number of hydrogen-bond acceptors (Lipinski definition) is 10. The highest BCUT2D eigenvalue weighted by Gasteiger charge is 2.36. The van der Waals surface area contributed by atoms with Crippen LogP contribution in [0.25, 0.3) is 22.4 Å². The van der Waals surface area contributed by atoms with Crippen molar-refractivity contribution in [3.8, 4) is 34.2 Å². The Labute approximate surface area is 286 Å². The number of thiazole rings is 1. The Balaban J connectivity index is 1.53. The van der Waals surface area contributed by atoms with Gasteiger partial charge in [-0.25, -0.2) is 14.8 Å². The first-order valence-electron chi connectivity index (χ1n) is 15.0. The van der Waals surface area contributed by atoms with Gasteiger partial charge in [-0.15, -0.1) is 11.3 Å². The van der Waals surface area contributed by atoms with E-state index in [0.717, 1.165) is 11.3 Å². The van der Waals surface area contributed by atoms with Crippen molar-refractivity contribution in [1.29, 1.82) is 5.26 Å². The number of carbonyl (C=O) groups excluding carboxylic acids is 3. The zero-order valence-corrected chi connectivity index (χ0v) is 28.3. The lowest BCUT2D eigenvalue weighted by atomic mass is 9.97.